The fourth-order valence-electron chi connectivity index (χ4n) is 13.3. The Morgan fingerprint density at radius 1 is 0.808 bits per heavy atom. The second-order valence-corrected chi connectivity index (χ2v) is 18.0. The van der Waals surface area contributed by atoms with Gasteiger partial charge in [0, 0.05) is 27.1 Å². The maximum Gasteiger partial charge on any atom is 0.170 e. The minimum atomic E-state index is -0.170. The minimum absolute atomic E-state index is 0. The van der Waals surface area contributed by atoms with Gasteiger partial charge in [-0.1, -0.05) is 76.2 Å². The lowest BCUT2D eigenvalue weighted by Gasteiger charge is -2.60. The van der Waals surface area contributed by atoms with Crippen molar-refractivity contribution in [3.05, 3.63) is 23.8 Å². The van der Waals surface area contributed by atoms with Gasteiger partial charge in [-0.25, -0.2) is 0 Å². The zero-order chi connectivity index (χ0) is 38.1. The lowest BCUT2D eigenvalue weighted by Crippen LogP contribution is -2.56. The first kappa shape index (κ1) is 41.8. The molecule has 5 saturated carbocycles. The van der Waals surface area contributed by atoms with Gasteiger partial charge in [0.2, 0.25) is 0 Å². The molecule has 300 valence electrons. The van der Waals surface area contributed by atoms with Crippen molar-refractivity contribution in [3.63, 3.8) is 0 Å². The Labute approximate surface area is 321 Å². The maximum atomic E-state index is 7.00. The molecule has 2 saturated heterocycles. The maximum absolute atomic E-state index is 7.00. The van der Waals surface area contributed by atoms with Crippen LogP contribution in [0, 0.1) is 51.2 Å². The van der Waals surface area contributed by atoms with E-state index in [1.807, 2.05) is 47.6 Å². The van der Waals surface area contributed by atoms with Crippen LogP contribution in [0.5, 0.6) is 11.5 Å². The molecule has 8 rings (SSSR count). The van der Waals surface area contributed by atoms with E-state index in [2.05, 4.69) is 51.7 Å². The van der Waals surface area contributed by atoms with Crippen LogP contribution >= 0.6 is 0 Å². The molecule has 11 atom stereocenters. The Kier molecular flexibility index (Phi) is 13.5. The van der Waals surface area contributed by atoms with E-state index in [4.69, 9.17) is 23.7 Å². The largest absolute Gasteiger partial charge is 0.497 e. The van der Waals surface area contributed by atoms with Crippen LogP contribution in [-0.2, 0) is 20.8 Å². The standard InChI is InChI=1S/C40H61NO5.3C2H6.H2/c1-25(2)32-10-8-30-33(45-32)21-31-29-9-11-34-37(3,4)35(12-13-40(34)24-39(29,40)15-14-38(30,31)5)46-36-23-41(16-17-44-36)22-26-18-27(42-6)20-28(19-26)43-7;3*1-2;/h18-20,25,29-36H,8-17,21-24H2,1-7H3;3*1-2H3;1H/t29?,30?,31?,32?,33?,34?,35-,36?,38?,39?,40?;;;;/m0..../s1. The predicted molar refractivity (Wildman–Crippen MR) is 216 cm³/mol. The van der Waals surface area contributed by atoms with E-state index in [0.29, 0.717) is 41.0 Å². The van der Waals surface area contributed by atoms with Crippen molar-refractivity contribution in [3.8, 4) is 11.5 Å². The lowest BCUT2D eigenvalue weighted by molar-refractivity contribution is -0.245. The Morgan fingerprint density at radius 2 is 1.48 bits per heavy atom. The monoisotopic (exact) mass is 728 g/mol. The third-order valence-electron chi connectivity index (χ3n) is 15.6. The minimum Gasteiger partial charge on any atom is -0.497 e. The Balaban J connectivity index is 0.000000855. The normalized spacial score (nSPS) is 41.0. The first-order valence-electron chi connectivity index (χ1n) is 21.9. The van der Waals surface area contributed by atoms with E-state index >= 15 is 0 Å². The second kappa shape index (κ2) is 16.8. The summed E-state index contributed by atoms with van der Waals surface area (Å²) in [7, 11) is 3.43. The molecule has 0 N–H and O–H groups in total. The Morgan fingerprint density at radius 3 is 2.13 bits per heavy atom. The van der Waals surface area contributed by atoms with E-state index in [9.17, 15) is 0 Å². The predicted octanol–water partition coefficient (Wildman–Crippen LogP) is 11.4. The lowest BCUT2D eigenvalue weighted by atomic mass is 9.46. The van der Waals surface area contributed by atoms with Gasteiger partial charge in [-0.2, -0.15) is 0 Å². The summed E-state index contributed by atoms with van der Waals surface area (Å²) < 4.78 is 31.2. The summed E-state index contributed by atoms with van der Waals surface area (Å²) in [5.74, 6) is 5.64. The van der Waals surface area contributed by atoms with Crippen LogP contribution in [0.3, 0.4) is 0 Å². The number of benzene rings is 1. The van der Waals surface area contributed by atoms with Crippen molar-refractivity contribution < 1.29 is 25.1 Å². The van der Waals surface area contributed by atoms with E-state index in [1.54, 1.807) is 14.2 Å². The van der Waals surface area contributed by atoms with Crippen molar-refractivity contribution in [2.75, 3.05) is 33.9 Å². The van der Waals surface area contributed by atoms with Gasteiger partial charge in [-0.15, -0.1) is 0 Å². The van der Waals surface area contributed by atoms with Gasteiger partial charge in [-0.3, -0.25) is 4.90 Å². The second-order valence-electron chi connectivity index (χ2n) is 18.0. The summed E-state index contributed by atoms with van der Waals surface area (Å²) in [6.07, 6.45) is 14.8. The van der Waals surface area contributed by atoms with Crippen molar-refractivity contribution >= 4 is 0 Å². The molecular weight excluding hydrogens is 647 g/mol. The molecule has 10 unspecified atom stereocenters. The number of methoxy groups -OCH3 is 2. The molecular formula is C46H81NO5. The molecule has 0 bridgehead atoms. The fourth-order valence-corrected chi connectivity index (χ4v) is 13.3. The molecule has 7 aliphatic rings. The van der Waals surface area contributed by atoms with Crippen LogP contribution in [0.1, 0.15) is 147 Å². The average molecular weight is 728 g/mol. The quantitative estimate of drug-likeness (QED) is 0.279. The van der Waals surface area contributed by atoms with Crippen molar-refractivity contribution in [2.24, 2.45) is 51.2 Å². The number of fused-ring (bicyclic) bond motifs is 4. The highest BCUT2D eigenvalue weighted by Crippen LogP contribution is 2.87. The molecule has 52 heavy (non-hydrogen) atoms. The number of morpholine rings is 1. The van der Waals surface area contributed by atoms with Gasteiger partial charge >= 0.3 is 0 Å². The summed E-state index contributed by atoms with van der Waals surface area (Å²) in [5.41, 5.74) is 2.99. The van der Waals surface area contributed by atoms with Gasteiger partial charge in [0.1, 0.15) is 11.5 Å². The van der Waals surface area contributed by atoms with Gasteiger partial charge in [-0.05, 0) is 133 Å². The van der Waals surface area contributed by atoms with Crippen LogP contribution in [0.25, 0.3) is 0 Å². The fraction of sp³-hybridized carbons (Fsp3) is 0.870. The molecule has 0 amide bonds. The molecule has 7 fully saturated rings. The molecule has 0 radical (unpaired) electrons. The van der Waals surface area contributed by atoms with Gasteiger partial charge < -0.3 is 23.7 Å². The summed E-state index contributed by atoms with van der Waals surface area (Å²) in [6.45, 7) is 27.8. The molecule has 6 nitrogen and oxygen atoms in total. The van der Waals surface area contributed by atoms with Crippen LogP contribution in [0.4, 0.5) is 0 Å². The highest BCUT2D eigenvalue weighted by Gasteiger charge is 2.80. The molecule has 2 spiro atoms. The third-order valence-corrected chi connectivity index (χ3v) is 15.6. The first-order valence-corrected chi connectivity index (χ1v) is 21.9. The van der Waals surface area contributed by atoms with Gasteiger partial charge in [0.25, 0.3) is 0 Å². The molecule has 2 aliphatic heterocycles. The SMILES string of the molecule is CC.CC.CC.COc1cc(CN2CCOC(O[C@H]3CCC45CC46CCC4(C)C7CCC(C(C)C)OC7CC4C6CCC5C3(C)C)C2)cc(OC)c1.[HH]. The number of hydrogen-bond acceptors (Lipinski definition) is 6. The molecule has 0 aromatic heterocycles. The Hall–Kier alpha value is -1.34. The topological polar surface area (TPSA) is 49.4 Å². The van der Waals surface area contributed by atoms with E-state index in [0.717, 1.165) is 54.8 Å². The summed E-state index contributed by atoms with van der Waals surface area (Å²) >= 11 is 0. The van der Waals surface area contributed by atoms with Crippen LogP contribution in [-0.4, -0.2) is 63.4 Å². The third kappa shape index (κ3) is 7.11. The van der Waals surface area contributed by atoms with E-state index < -0.39 is 0 Å². The zero-order valence-corrected chi connectivity index (χ0v) is 35.8. The Bertz CT molecular complexity index is 1280. The van der Waals surface area contributed by atoms with Crippen molar-refractivity contribution in [1.29, 1.82) is 0 Å². The first-order chi connectivity index (χ1) is 25.0. The van der Waals surface area contributed by atoms with Crippen LogP contribution in [0.15, 0.2) is 18.2 Å². The molecule has 5 aliphatic carbocycles. The molecule has 6 heteroatoms. The van der Waals surface area contributed by atoms with Crippen molar-refractivity contribution in [1.82, 2.24) is 4.90 Å². The summed E-state index contributed by atoms with van der Waals surface area (Å²) in [5, 5.41) is 0. The van der Waals surface area contributed by atoms with Crippen LogP contribution < -0.4 is 9.47 Å². The average Bonchev–Trinajstić information content (AvgIpc) is 3.74. The van der Waals surface area contributed by atoms with E-state index in [1.165, 1.54) is 69.8 Å². The highest BCUT2D eigenvalue weighted by molar-refractivity contribution is 5.38. The number of ether oxygens (including phenoxy) is 5. The summed E-state index contributed by atoms with van der Waals surface area (Å²) in [6, 6.07) is 6.16. The smallest absolute Gasteiger partial charge is 0.170 e. The van der Waals surface area contributed by atoms with Crippen LogP contribution in [0.2, 0.25) is 0 Å². The number of nitrogens with zero attached hydrogens (tertiary/aromatic N) is 1. The van der Waals surface area contributed by atoms with Crippen molar-refractivity contribution in [2.45, 2.75) is 172 Å². The van der Waals surface area contributed by atoms with Gasteiger partial charge in [0.05, 0.1) is 39.1 Å². The number of hydrogen-bond donors (Lipinski definition) is 0. The summed E-state index contributed by atoms with van der Waals surface area (Å²) in [4.78, 5) is 2.46. The molecule has 2 heterocycles. The zero-order valence-electron chi connectivity index (χ0n) is 35.8. The molecule has 1 aromatic carbocycles. The molecule has 1 aromatic rings. The highest BCUT2D eigenvalue weighted by atomic mass is 16.7. The number of rotatable bonds is 7. The van der Waals surface area contributed by atoms with E-state index in [-0.39, 0.29) is 19.2 Å². The van der Waals surface area contributed by atoms with Gasteiger partial charge in [0.15, 0.2) is 6.29 Å².